The van der Waals surface area contributed by atoms with E-state index in [0.717, 1.165) is 12.1 Å². The van der Waals surface area contributed by atoms with Crippen molar-refractivity contribution in [1.29, 1.82) is 0 Å². The maximum Gasteiger partial charge on any atom is 0.332 e. The number of rotatable bonds is 5. The van der Waals surface area contributed by atoms with Crippen LogP contribution in [0.5, 0.6) is 11.5 Å². The highest BCUT2D eigenvalue weighted by Crippen LogP contribution is 2.38. The van der Waals surface area contributed by atoms with E-state index in [-0.39, 0.29) is 12.1 Å². The van der Waals surface area contributed by atoms with Gasteiger partial charge >= 0.3 is 5.69 Å². The van der Waals surface area contributed by atoms with Gasteiger partial charge in [0.15, 0.2) is 11.2 Å². The van der Waals surface area contributed by atoms with E-state index in [1.165, 1.54) is 15.2 Å². The highest BCUT2D eigenvalue weighted by Gasteiger charge is 2.28. The number of aryl methyl sites for hydroxylation is 2. The Kier molecular flexibility index (Phi) is 4.65. The molecule has 4 rings (SSSR count). The molecule has 0 fully saturated rings. The summed E-state index contributed by atoms with van der Waals surface area (Å²) in [6.45, 7) is 5.13. The Hall–Kier alpha value is -3.49. The average Bonchev–Trinajstić information content (AvgIpc) is 3.14. The zero-order valence-corrected chi connectivity index (χ0v) is 16.7. The fraction of sp³-hybridized carbons (Fsp3) is 0.350. The van der Waals surface area contributed by atoms with Gasteiger partial charge in [-0.2, -0.15) is 4.98 Å². The van der Waals surface area contributed by atoms with Gasteiger partial charge in [0.2, 0.25) is 5.95 Å². The Balaban J connectivity index is 2.00. The molecular formula is C20H23N5O4. The largest absolute Gasteiger partial charge is 0.497 e. The van der Waals surface area contributed by atoms with Crippen LogP contribution < -0.4 is 25.6 Å². The SMILES string of the molecule is C=CCn1c(=O)c2c(nc3n2CCCN3c2cc(OC)ccc2OC)n(C)c1=O. The number of anilines is 2. The summed E-state index contributed by atoms with van der Waals surface area (Å²) in [5, 5.41) is 0. The number of hydrogen-bond donors (Lipinski definition) is 0. The van der Waals surface area contributed by atoms with E-state index in [2.05, 4.69) is 11.6 Å². The minimum atomic E-state index is -0.414. The molecule has 29 heavy (non-hydrogen) atoms. The fourth-order valence-corrected chi connectivity index (χ4v) is 3.79. The van der Waals surface area contributed by atoms with Crippen LogP contribution in [0.15, 0.2) is 40.4 Å². The van der Waals surface area contributed by atoms with Gasteiger partial charge in [0.25, 0.3) is 5.56 Å². The third-order valence-electron chi connectivity index (χ3n) is 5.21. The van der Waals surface area contributed by atoms with Crippen LogP contribution in [-0.4, -0.2) is 39.4 Å². The summed E-state index contributed by atoms with van der Waals surface area (Å²) in [5.74, 6) is 1.96. The maximum absolute atomic E-state index is 13.1. The summed E-state index contributed by atoms with van der Waals surface area (Å²) in [6, 6.07) is 5.54. The number of imidazole rings is 1. The molecule has 9 nitrogen and oxygen atoms in total. The summed E-state index contributed by atoms with van der Waals surface area (Å²) in [5.41, 5.74) is 0.795. The van der Waals surface area contributed by atoms with Crippen LogP contribution in [0.25, 0.3) is 11.2 Å². The van der Waals surface area contributed by atoms with Crippen molar-refractivity contribution in [3.63, 3.8) is 0 Å². The molecular weight excluding hydrogens is 374 g/mol. The van der Waals surface area contributed by atoms with Crippen molar-refractivity contribution in [3.8, 4) is 11.5 Å². The Morgan fingerprint density at radius 2 is 2.00 bits per heavy atom. The minimum Gasteiger partial charge on any atom is -0.497 e. The molecule has 2 aromatic heterocycles. The van der Waals surface area contributed by atoms with Crippen LogP contribution in [0.2, 0.25) is 0 Å². The number of ether oxygens (including phenoxy) is 2. The molecule has 1 aliphatic heterocycles. The first-order valence-corrected chi connectivity index (χ1v) is 9.32. The number of fused-ring (bicyclic) bond motifs is 3. The van der Waals surface area contributed by atoms with E-state index in [1.54, 1.807) is 21.3 Å². The molecule has 0 saturated heterocycles. The Labute approximate surface area is 167 Å². The molecule has 0 N–H and O–H groups in total. The Morgan fingerprint density at radius 3 is 2.69 bits per heavy atom. The molecule has 9 heteroatoms. The predicted octanol–water partition coefficient (Wildman–Crippen LogP) is 1.64. The Morgan fingerprint density at radius 1 is 1.21 bits per heavy atom. The van der Waals surface area contributed by atoms with Gasteiger partial charge in [-0.15, -0.1) is 6.58 Å². The topological polar surface area (TPSA) is 83.5 Å². The van der Waals surface area contributed by atoms with Crippen LogP contribution in [0, 0.1) is 0 Å². The normalized spacial score (nSPS) is 13.4. The van der Waals surface area contributed by atoms with Gasteiger partial charge in [0.1, 0.15) is 11.5 Å². The molecule has 0 saturated carbocycles. The summed E-state index contributed by atoms with van der Waals surface area (Å²) < 4.78 is 15.4. The lowest BCUT2D eigenvalue weighted by Gasteiger charge is -2.30. The van der Waals surface area contributed by atoms with Crippen molar-refractivity contribution in [2.24, 2.45) is 7.05 Å². The molecule has 0 bridgehead atoms. The van der Waals surface area contributed by atoms with E-state index in [0.29, 0.717) is 41.7 Å². The second-order valence-electron chi connectivity index (χ2n) is 6.82. The van der Waals surface area contributed by atoms with E-state index >= 15 is 0 Å². The lowest BCUT2D eigenvalue weighted by Crippen LogP contribution is -2.39. The highest BCUT2D eigenvalue weighted by atomic mass is 16.5. The monoisotopic (exact) mass is 397 g/mol. The van der Waals surface area contributed by atoms with Crippen molar-refractivity contribution in [1.82, 2.24) is 18.7 Å². The van der Waals surface area contributed by atoms with E-state index < -0.39 is 5.69 Å². The quantitative estimate of drug-likeness (QED) is 0.609. The standard InChI is InChI=1S/C20H23N5O4/c1-5-9-25-18(26)16-17(22(2)20(25)27)21-19-23(10-6-11-24(16)19)14-12-13(28-3)7-8-15(14)29-4/h5,7-8,12H,1,6,9-11H2,2-4H3. The number of methoxy groups -OCH3 is 2. The molecule has 0 atom stereocenters. The smallest absolute Gasteiger partial charge is 0.332 e. The van der Waals surface area contributed by atoms with Crippen LogP contribution in [0.4, 0.5) is 11.6 Å². The summed E-state index contributed by atoms with van der Waals surface area (Å²) >= 11 is 0. The summed E-state index contributed by atoms with van der Waals surface area (Å²) in [6.07, 6.45) is 2.35. The Bertz CT molecular complexity index is 1220. The zero-order chi connectivity index (χ0) is 20.7. The van der Waals surface area contributed by atoms with Crippen LogP contribution >= 0.6 is 0 Å². The second-order valence-corrected chi connectivity index (χ2v) is 6.82. The van der Waals surface area contributed by atoms with E-state index in [1.807, 2.05) is 27.7 Å². The predicted molar refractivity (Wildman–Crippen MR) is 111 cm³/mol. The van der Waals surface area contributed by atoms with Crippen LogP contribution in [0.1, 0.15) is 6.42 Å². The van der Waals surface area contributed by atoms with E-state index in [4.69, 9.17) is 9.47 Å². The highest BCUT2D eigenvalue weighted by molar-refractivity contribution is 5.78. The number of nitrogens with zero attached hydrogens (tertiary/aromatic N) is 5. The van der Waals surface area contributed by atoms with Crippen LogP contribution in [-0.2, 0) is 20.1 Å². The molecule has 0 spiro atoms. The first-order valence-electron chi connectivity index (χ1n) is 9.32. The van der Waals surface area contributed by atoms with Gasteiger partial charge < -0.3 is 18.9 Å². The molecule has 152 valence electrons. The molecule has 3 aromatic rings. The number of benzene rings is 1. The molecule has 3 heterocycles. The number of aromatic nitrogens is 4. The van der Waals surface area contributed by atoms with Crippen molar-refractivity contribution < 1.29 is 9.47 Å². The first-order chi connectivity index (χ1) is 14.0. The van der Waals surface area contributed by atoms with Gasteiger partial charge in [0, 0.05) is 32.7 Å². The molecule has 1 aliphatic rings. The van der Waals surface area contributed by atoms with E-state index in [9.17, 15) is 9.59 Å². The molecule has 0 unspecified atom stereocenters. The molecule has 1 aromatic carbocycles. The van der Waals surface area contributed by atoms with Crippen molar-refractivity contribution in [2.75, 3.05) is 25.7 Å². The van der Waals surface area contributed by atoms with Gasteiger partial charge in [-0.25, -0.2) is 4.79 Å². The lowest BCUT2D eigenvalue weighted by molar-refractivity contribution is 0.403. The first kappa shape index (κ1) is 18.9. The van der Waals surface area contributed by atoms with Gasteiger partial charge in [-0.05, 0) is 18.6 Å². The number of allylic oxidation sites excluding steroid dienone is 1. The second kappa shape index (κ2) is 7.16. The average molecular weight is 397 g/mol. The summed E-state index contributed by atoms with van der Waals surface area (Å²) in [7, 11) is 4.84. The van der Waals surface area contributed by atoms with Crippen molar-refractivity contribution in [3.05, 3.63) is 51.7 Å². The van der Waals surface area contributed by atoms with Crippen molar-refractivity contribution >= 4 is 22.8 Å². The number of hydrogen-bond acceptors (Lipinski definition) is 6. The third-order valence-corrected chi connectivity index (χ3v) is 5.21. The lowest BCUT2D eigenvalue weighted by atomic mass is 10.2. The maximum atomic E-state index is 13.1. The van der Waals surface area contributed by atoms with Gasteiger partial charge in [0.05, 0.1) is 19.9 Å². The molecule has 0 amide bonds. The fourth-order valence-electron chi connectivity index (χ4n) is 3.79. The zero-order valence-electron chi connectivity index (χ0n) is 16.7. The molecule has 0 radical (unpaired) electrons. The summed E-state index contributed by atoms with van der Waals surface area (Å²) in [4.78, 5) is 32.4. The van der Waals surface area contributed by atoms with Gasteiger partial charge in [-0.1, -0.05) is 6.08 Å². The third kappa shape index (κ3) is 2.81. The van der Waals surface area contributed by atoms with Gasteiger partial charge in [-0.3, -0.25) is 13.9 Å². The minimum absolute atomic E-state index is 0.148. The van der Waals surface area contributed by atoms with Crippen molar-refractivity contribution in [2.45, 2.75) is 19.5 Å². The van der Waals surface area contributed by atoms with Crippen LogP contribution in [0.3, 0.4) is 0 Å². The molecule has 0 aliphatic carbocycles.